The summed E-state index contributed by atoms with van der Waals surface area (Å²) < 4.78 is 10.8. The highest BCUT2D eigenvalue weighted by Gasteiger charge is 2.20. The molecule has 0 radical (unpaired) electrons. The summed E-state index contributed by atoms with van der Waals surface area (Å²) >= 11 is 0. The van der Waals surface area contributed by atoms with E-state index in [9.17, 15) is 9.59 Å². The van der Waals surface area contributed by atoms with Crippen molar-refractivity contribution in [3.8, 4) is 11.5 Å². The normalized spacial score (nSPS) is 10.4. The van der Waals surface area contributed by atoms with E-state index in [4.69, 9.17) is 9.47 Å². The van der Waals surface area contributed by atoms with E-state index in [1.54, 1.807) is 55.5 Å². The zero-order valence-electron chi connectivity index (χ0n) is 17.4. The first-order chi connectivity index (χ1) is 14.5. The largest absolute Gasteiger partial charge is 0.497 e. The Bertz CT molecular complexity index is 1010. The fraction of sp³-hybridized carbons (Fsp3) is 0.200. The van der Waals surface area contributed by atoms with Gasteiger partial charge in [-0.1, -0.05) is 48.0 Å². The summed E-state index contributed by atoms with van der Waals surface area (Å²) in [5.74, 6) is 1.07. The molecule has 5 heteroatoms. The van der Waals surface area contributed by atoms with Gasteiger partial charge in [0, 0.05) is 18.2 Å². The third-order valence-corrected chi connectivity index (χ3v) is 4.82. The van der Waals surface area contributed by atoms with Gasteiger partial charge in [0.25, 0.3) is 5.91 Å². The molecule has 0 aromatic heterocycles. The molecule has 0 unspecified atom stereocenters. The van der Waals surface area contributed by atoms with Gasteiger partial charge in [-0.05, 0) is 37.3 Å². The lowest BCUT2D eigenvalue weighted by Crippen LogP contribution is -2.32. The molecule has 3 aromatic carbocycles. The summed E-state index contributed by atoms with van der Waals surface area (Å²) in [5.41, 5.74) is 2.42. The van der Waals surface area contributed by atoms with Crippen molar-refractivity contribution >= 4 is 11.7 Å². The SMILES string of the molecule is COc1ccc(OCCN(C)C(=O)c2ccccc2C(=O)c2ccc(C)cc2)cc1. The Morgan fingerprint density at radius 2 is 1.43 bits per heavy atom. The smallest absolute Gasteiger partial charge is 0.254 e. The average Bonchev–Trinajstić information content (AvgIpc) is 2.79. The van der Waals surface area contributed by atoms with Crippen LogP contribution in [-0.4, -0.2) is 43.9 Å². The van der Waals surface area contributed by atoms with Crippen LogP contribution in [0.1, 0.15) is 31.8 Å². The minimum absolute atomic E-state index is 0.165. The molecule has 0 spiro atoms. The number of methoxy groups -OCH3 is 1. The van der Waals surface area contributed by atoms with Crippen molar-refractivity contribution in [3.63, 3.8) is 0 Å². The number of nitrogens with zero attached hydrogens (tertiary/aromatic N) is 1. The van der Waals surface area contributed by atoms with E-state index < -0.39 is 0 Å². The molecule has 0 N–H and O–H groups in total. The quantitative estimate of drug-likeness (QED) is 0.524. The molecule has 30 heavy (non-hydrogen) atoms. The van der Waals surface area contributed by atoms with Gasteiger partial charge in [-0.2, -0.15) is 0 Å². The number of likely N-dealkylation sites (N-methyl/N-ethyl adjacent to an activating group) is 1. The van der Waals surface area contributed by atoms with Gasteiger partial charge in [0.1, 0.15) is 18.1 Å². The van der Waals surface area contributed by atoms with Gasteiger partial charge in [0.2, 0.25) is 0 Å². The van der Waals surface area contributed by atoms with Gasteiger partial charge in [0.05, 0.1) is 19.2 Å². The summed E-state index contributed by atoms with van der Waals surface area (Å²) in [4.78, 5) is 27.5. The Labute approximate surface area is 176 Å². The van der Waals surface area contributed by atoms with E-state index in [1.165, 1.54) is 0 Å². The molecule has 0 heterocycles. The van der Waals surface area contributed by atoms with Crippen LogP contribution < -0.4 is 9.47 Å². The summed E-state index contributed by atoms with van der Waals surface area (Å²) in [5, 5.41) is 0. The molecule has 0 bridgehead atoms. The Kier molecular flexibility index (Phi) is 6.86. The first-order valence-corrected chi connectivity index (χ1v) is 9.72. The van der Waals surface area contributed by atoms with Crippen molar-refractivity contribution in [2.75, 3.05) is 27.3 Å². The highest BCUT2D eigenvalue weighted by atomic mass is 16.5. The number of aryl methyl sites for hydroxylation is 1. The number of carbonyl (C=O) groups excluding carboxylic acids is 2. The minimum Gasteiger partial charge on any atom is -0.497 e. The molecular formula is C25H25NO4. The Hall–Kier alpha value is -3.60. The van der Waals surface area contributed by atoms with Crippen molar-refractivity contribution in [3.05, 3.63) is 95.1 Å². The lowest BCUT2D eigenvalue weighted by atomic mass is 9.97. The standard InChI is InChI=1S/C25H25NO4/c1-18-8-10-19(11-9-18)24(27)22-6-4-5-7-23(22)25(28)26(2)16-17-30-21-14-12-20(29-3)13-15-21/h4-15H,16-17H2,1-3H3. The lowest BCUT2D eigenvalue weighted by molar-refractivity contribution is 0.0769. The molecule has 5 nitrogen and oxygen atoms in total. The van der Waals surface area contributed by atoms with Gasteiger partial charge in [-0.15, -0.1) is 0 Å². The molecule has 0 saturated heterocycles. The van der Waals surface area contributed by atoms with Gasteiger partial charge in [-0.25, -0.2) is 0 Å². The van der Waals surface area contributed by atoms with E-state index in [2.05, 4.69) is 0 Å². The molecule has 0 aliphatic heterocycles. The predicted octanol–water partition coefficient (Wildman–Crippen LogP) is 4.39. The maximum Gasteiger partial charge on any atom is 0.254 e. The molecule has 0 saturated carbocycles. The van der Waals surface area contributed by atoms with Crippen LogP contribution in [-0.2, 0) is 0 Å². The molecule has 0 aliphatic carbocycles. The monoisotopic (exact) mass is 403 g/mol. The van der Waals surface area contributed by atoms with Crippen LogP contribution in [0.4, 0.5) is 0 Å². The van der Waals surface area contributed by atoms with Crippen molar-refractivity contribution in [1.82, 2.24) is 4.90 Å². The first kappa shape index (κ1) is 21.1. The van der Waals surface area contributed by atoms with Gasteiger partial charge in [-0.3, -0.25) is 9.59 Å². The highest BCUT2D eigenvalue weighted by molar-refractivity contribution is 6.15. The lowest BCUT2D eigenvalue weighted by Gasteiger charge is -2.19. The maximum atomic E-state index is 13.0. The predicted molar refractivity (Wildman–Crippen MR) is 117 cm³/mol. The molecule has 154 valence electrons. The van der Waals surface area contributed by atoms with Crippen LogP contribution in [0.5, 0.6) is 11.5 Å². The minimum atomic E-state index is -0.218. The van der Waals surface area contributed by atoms with E-state index in [-0.39, 0.29) is 11.7 Å². The molecule has 0 fully saturated rings. The van der Waals surface area contributed by atoms with Crippen LogP contribution in [0.2, 0.25) is 0 Å². The Morgan fingerprint density at radius 3 is 2.07 bits per heavy atom. The Morgan fingerprint density at radius 1 is 0.833 bits per heavy atom. The average molecular weight is 403 g/mol. The van der Waals surface area contributed by atoms with Crippen LogP contribution in [0.15, 0.2) is 72.8 Å². The highest BCUT2D eigenvalue weighted by Crippen LogP contribution is 2.18. The fourth-order valence-electron chi connectivity index (χ4n) is 3.01. The number of rotatable bonds is 8. The first-order valence-electron chi connectivity index (χ1n) is 9.72. The second-order valence-corrected chi connectivity index (χ2v) is 6.99. The molecular weight excluding hydrogens is 378 g/mol. The van der Waals surface area contributed by atoms with Crippen molar-refractivity contribution < 1.29 is 19.1 Å². The summed E-state index contributed by atoms with van der Waals surface area (Å²) in [6.07, 6.45) is 0. The van der Waals surface area contributed by atoms with Gasteiger partial charge in [0.15, 0.2) is 5.78 Å². The molecule has 3 aromatic rings. The van der Waals surface area contributed by atoms with Crippen molar-refractivity contribution in [1.29, 1.82) is 0 Å². The van der Waals surface area contributed by atoms with E-state index in [0.29, 0.717) is 35.6 Å². The van der Waals surface area contributed by atoms with E-state index in [0.717, 1.165) is 11.3 Å². The van der Waals surface area contributed by atoms with Crippen LogP contribution in [0.25, 0.3) is 0 Å². The second-order valence-electron chi connectivity index (χ2n) is 6.99. The summed E-state index contributed by atoms with van der Waals surface area (Å²) in [6, 6.07) is 21.5. The molecule has 1 amide bonds. The topological polar surface area (TPSA) is 55.8 Å². The van der Waals surface area contributed by atoms with E-state index in [1.807, 2.05) is 43.3 Å². The number of amides is 1. The number of carbonyl (C=O) groups is 2. The summed E-state index contributed by atoms with van der Waals surface area (Å²) in [6.45, 7) is 2.69. The van der Waals surface area contributed by atoms with Crippen LogP contribution in [0.3, 0.4) is 0 Å². The molecule has 0 aliphatic rings. The zero-order chi connectivity index (χ0) is 21.5. The third-order valence-electron chi connectivity index (χ3n) is 4.82. The van der Waals surface area contributed by atoms with Gasteiger partial charge < -0.3 is 14.4 Å². The Balaban J connectivity index is 1.66. The fourth-order valence-corrected chi connectivity index (χ4v) is 3.01. The number of ether oxygens (including phenoxy) is 2. The zero-order valence-corrected chi connectivity index (χ0v) is 17.4. The molecule has 3 rings (SSSR count). The number of benzene rings is 3. The maximum absolute atomic E-state index is 13.0. The third kappa shape index (κ3) is 5.06. The van der Waals surface area contributed by atoms with Crippen molar-refractivity contribution in [2.45, 2.75) is 6.92 Å². The van der Waals surface area contributed by atoms with E-state index >= 15 is 0 Å². The van der Waals surface area contributed by atoms with Crippen molar-refractivity contribution in [2.24, 2.45) is 0 Å². The molecule has 0 atom stereocenters. The van der Waals surface area contributed by atoms with Gasteiger partial charge >= 0.3 is 0 Å². The number of ketones is 1. The summed E-state index contributed by atoms with van der Waals surface area (Å²) in [7, 11) is 3.31. The second kappa shape index (κ2) is 9.74. The number of hydrogen-bond donors (Lipinski definition) is 0. The number of hydrogen-bond acceptors (Lipinski definition) is 4. The van der Waals surface area contributed by atoms with Crippen LogP contribution in [0, 0.1) is 6.92 Å². The van der Waals surface area contributed by atoms with Crippen LogP contribution >= 0.6 is 0 Å².